The summed E-state index contributed by atoms with van der Waals surface area (Å²) in [5.41, 5.74) is 5.48. The lowest BCUT2D eigenvalue weighted by atomic mass is 10.0. The van der Waals surface area contributed by atoms with E-state index in [9.17, 15) is 0 Å². The van der Waals surface area contributed by atoms with Crippen LogP contribution < -0.4 is 10.2 Å². The van der Waals surface area contributed by atoms with Crippen molar-refractivity contribution >= 4 is 5.69 Å². The van der Waals surface area contributed by atoms with Gasteiger partial charge in [0.05, 0.1) is 6.04 Å². The van der Waals surface area contributed by atoms with Crippen molar-refractivity contribution in [2.45, 2.75) is 39.4 Å². The fraction of sp³-hybridized carbons (Fsp3) is 0.368. The van der Waals surface area contributed by atoms with Crippen molar-refractivity contribution in [2.24, 2.45) is 0 Å². The van der Waals surface area contributed by atoms with E-state index in [0.717, 1.165) is 13.1 Å². The molecule has 2 aromatic carbocycles. The number of fused-ring (bicyclic) bond motifs is 1. The molecule has 1 aliphatic rings. The first-order valence-corrected chi connectivity index (χ1v) is 7.79. The molecule has 0 spiro atoms. The summed E-state index contributed by atoms with van der Waals surface area (Å²) in [6.45, 7) is 8.72. The second-order valence-corrected chi connectivity index (χ2v) is 6.15. The number of nitrogens with zero attached hydrogens (tertiary/aromatic N) is 1. The number of rotatable bonds is 2. The Hall–Kier alpha value is -1.80. The SMILES string of the molecule is Cc1ccc2c(c1)CNC(C)CN2C(C)c1ccccc1. The van der Waals surface area contributed by atoms with Crippen molar-refractivity contribution < 1.29 is 0 Å². The Morgan fingerprint density at radius 2 is 1.90 bits per heavy atom. The summed E-state index contributed by atoms with van der Waals surface area (Å²) in [6.07, 6.45) is 0. The molecule has 0 fully saturated rings. The smallest absolute Gasteiger partial charge is 0.0515 e. The van der Waals surface area contributed by atoms with Gasteiger partial charge in [0.15, 0.2) is 0 Å². The van der Waals surface area contributed by atoms with Crippen LogP contribution in [0.15, 0.2) is 48.5 Å². The molecule has 2 atom stereocenters. The van der Waals surface area contributed by atoms with Crippen molar-refractivity contribution in [1.29, 1.82) is 0 Å². The van der Waals surface area contributed by atoms with Gasteiger partial charge in [-0.25, -0.2) is 0 Å². The largest absolute Gasteiger partial charge is 0.363 e. The van der Waals surface area contributed by atoms with Gasteiger partial charge in [0.2, 0.25) is 0 Å². The van der Waals surface area contributed by atoms with Gasteiger partial charge in [-0.3, -0.25) is 0 Å². The van der Waals surface area contributed by atoms with E-state index < -0.39 is 0 Å². The molecule has 2 unspecified atom stereocenters. The minimum absolute atomic E-state index is 0.384. The van der Waals surface area contributed by atoms with Crippen LogP contribution in [0, 0.1) is 6.92 Å². The van der Waals surface area contributed by atoms with Crippen LogP contribution in [0.4, 0.5) is 5.69 Å². The molecule has 1 aliphatic heterocycles. The standard InChI is InChI=1S/C19H24N2/c1-14-9-10-19-18(11-14)12-20-15(2)13-21(19)16(3)17-7-5-4-6-8-17/h4-11,15-16,20H,12-13H2,1-3H3. The Morgan fingerprint density at radius 1 is 1.14 bits per heavy atom. The third kappa shape index (κ3) is 2.96. The fourth-order valence-corrected chi connectivity index (χ4v) is 3.16. The number of benzene rings is 2. The number of nitrogens with one attached hydrogen (secondary N) is 1. The Labute approximate surface area is 127 Å². The highest BCUT2D eigenvalue weighted by molar-refractivity contribution is 5.57. The average Bonchev–Trinajstić information content (AvgIpc) is 2.67. The highest BCUT2D eigenvalue weighted by Crippen LogP contribution is 2.32. The van der Waals surface area contributed by atoms with E-state index >= 15 is 0 Å². The molecule has 2 heteroatoms. The minimum Gasteiger partial charge on any atom is -0.363 e. The predicted octanol–water partition coefficient (Wildman–Crippen LogP) is 4.05. The van der Waals surface area contributed by atoms with Crippen LogP contribution in [0.3, 0.4) is 0 Å². The van der Waals surface area contributed by atoms with Crippen LogP contribution in [-0.4, -0.2) is 12.6 Å². The van der Waals surface area contributed by atoms with Crippen LogP contribution in [0.25, 0.3) is 0 Å². The Bertz CT molecular complexity index is 606. The van der Waals surface area contributed by atoms with Gasteiger partial charge < -0.3 is 10.2 Å². The van der Waals surface area contributed by atoms with Gasteiger partial charge in [-0.2, -0.15) is 0 Å². The molecule has 0 aliphatic carbocycles. The van der Waals surface area contributed by atoms with Crippen molar-refractivity contribution in [3.8, 4) is 0 Å². The number of hydrogen-bond donors (Lipinski definition) is 1. The number of aryl methyl sites for hydroxylation is 1. The summed E-state index contributed by atoms with van der Waals surface area (Å²) < 4.78 is 0. The molecule has 1 heterocycles. The Balaban J connectivity index is 2.00. The normalized spacial score (nSPS) is 19.8. The lowest BCUT2D eigenvalue weighted by Crippen LogP contribution is -2.37. The van der Waals surface area contributed by atoms with Crippen molar-refractivity contribution in [1.82, 2.24) is 5.32 Å². The summed E-state index contributed by atoms with van der Waals surface area (Å²) in [7, 11) is 0. The maximum Gasteiger partial charge on any atom is 0.0515 e. The van der Waals surface area contributed by atoms with Gasteiger partial charge in [0, 0.05) is 24.8 Å². The van der Waals surface area contributed by atoms with E-state index in [4.69, 9.17) is 0 Å². The van der Waals surface area contributed by atoms with E-state index in [0.29, 0.717) is 12.1 Å². The van der Waals surface area contributed by atoms with E-state index in [1.807, 2.05) is 0 Å². The summed E-state index contributed by atoms with van der Waals surface area (Å²) in [5.74, 6) is 0. The molecule has 0 saturated carbocycles. The second-order valence-electron chi connectivity index (χ2n) is 6.15. The second kappa shape index (κ2) is 5.90. The van der Waals surface area contributed by atoms with Gasteiger partial charge in [-0.15, -0.1) is 0 Å². The Kier molecular flexibility index (Phi) is 3.98. The number of anilines is 1. The monoisotopic (exact) mass is 280 g/mol. The van der Waals surface area contributed by atoms with Crippen LogP contribution in [-0.2, 0) is 6.54 Å². The van der Waals surface area contributed by atoms with E-state index in [1.54, 1.807) is 0 Å². The maximum absolute atomic E-state index is 3.62. The summed E-state index contributed by atoms with van der Waals surface area (Å²) in [5, 5.41) is 3.62. The van der Waals surface area contributed by atoms with Gasteiger partial charge in [-0.1, -0.05) is 48.0 Å². The van der Waals surface area contributed by atoms with Gasteiger partial charge in [0.25, 0.3) is 0 Å². The van der Waals surface area contributed by atoms with Crippen LogP contribution in [0.2, 0.25) is 0 Å². The van der Waals surface area contributed by atoms with Crippen LogP contribution >= 0.6 is 0 Å². The fourth-order valence-electron chi connectivity index (χ4n) is 3.16. The molecule has 0 bridgehead atoms. The van der Waals surface area contributed by atoms with Gasteiger partial charge in [-0.05, 0) is 38.0 Å². The van der Waals surface area contributed by atoms with Gasteiger partial charge in [0.1, 0.15) is 0 Å². The molecule has 2 nitrogen and oxygen atoms in total. The first-order chi connectivity index (χ1) is 10.1. The predicted molar refractivity (Wildman–Crippen MR) is 89.7 cm³/mol. The van der Waals surface area contributed by atoms with Crippen molar-refractivity contribution in [2.75, 3.05) is 11.4 Å². The van der Waals surface area contributed by atoms with E-state index in [2.05, 4.69) is 79.5 Å². The molecular weight excluding hydrogens is 256 g/mol. The topological polar surface area (TPSA) is 15.3 Å². The maximum atomic E-state index is 3.62. The molecule has 0 radical (unpaired) electrons. The summed E-state index contributed by atoms with van der Waals surface area (Å²) in [6, 6.07) is 18.5. The molecule has 21 heavy (non-hydrogen) atoms. The molecular formula is C19H24N2. The molecule has 110 valence electrons. The van der Waals surface area contributed by atoms with Crippen LogP contribution in [0.5, 0.6) is 0 Å². The molecule has 0 aromatic heterocycles. The zero-order valence-electron chi connectivity index (χ0n) is 13.1. The van der Waals surface area contributed by atoms with Gasteiger partial charge >= 0.3 is 0 Å². The van der Waals surface area contributed by atoms with Crippen LogP contribution in [0.1, 0.15) is 36.6 Å². The highest BCUT2D eigenvalue weighted by Gasteiger charge is 2.23. The van der Waals surface area contributed by atoms with E-state index in [-0.39, 0.29) is 0 Å². The lowest BCUT2D eigenvalue weighted by Gasteiger charge is -2.33. The summed E-state index contributed by atoms with van der Waals surface area (Å²) in [4.78, 5) is 2.54. The lowest BCUT2D eigenvalue weighted by molar-refractivity contribution is 0.533. The Morgan fingerprint density at radius 3 is 2.67 bits per heavy atom. The average molecular weight is 280 g/mol. The number of hydrogen-bond acceptors (Lipinski definition) is 2. The van der Waals surface area contributed by atoms with Crippen molar-refractivity contribution in [3.63, 3.8) is 0 Å². The zero-order valence-corrected chi connectivity index (χ0v) is 13.1. The minimum atomic E-state index is 0.384. The molecule has 1 N–H and O–H groups in total. The zero-order chi connectivity index (χ0) is 14.8. The first kappa shape index (κ1) is 14.2. The first-order valence-electron chi connectivity index (χ1n) is 7.79. The summed E-state index contributed by atoms with van der Waals surface area (Å²) >= 11 is 0. The molecule has 0 saturated heterocycles. The highest BCUT2D eigenvalue weighted by atomic mass is 15.2. The molecule has 3 rings (SSSR count). The quantitative estimate of drug-likeness (QED) is 0.892. The van der Waals surface area contributed by atoms with E-state index in [1.165, 1.54) is 22.4 Å². The van der Waals surface area contributed by atoms with Crippen molar-refractivity contribution in [3.05, 3.63) is 65.2 Å². The third-order valence-electron chi connectivity index (χ3n) is 4.41. The molecule has 0 amide bonds. The molecule has 2 aromatic rings. The third-order valence-corrected chi connectivity index (χ3v) is 4.41.